The molecule has 98 valence electrons. The average molecular weight is 249 g/mol. The van der Waals surface area contributed by atoms with Crippen molar-refractivity contribution >= 4 is 17.5 Å². The van der Waals surface area contributed by atoms with Crippen LogP contribution in [-0.4, -0.2) is 30.1 Å². The van der Waals surface area contributed by atoms with Crippen LogP contribution in [0.4, 0.5) is 11.5 Å². The Bertz CT molecular complexity index is 471. The first-order valence-corrected chi connectivity index (χ1v) is 6.08. The number of hydrogen-bond acceptors (Lipinski definition) is 5. The molecule has 0 bridgehead atoms. The lowest BCUT2D eigenvalue weighted by molar-refractivity contribution is 0.0594. The molecule has 0 aromatic carbocycles. The van der Waals surface area contributed by atoms with Gasteiger partial charge in [-0.3, -0.25) is 0 Å². The van der Waals surface area contributed by atoms with Gasteiger partial charge in [-0.2, -0.15) is 0 Å². The summed E-state index contributed by atoms with van der Waals surface area (Å²) in [6.07, 6.45) is 2.20. The van der Waals surface area contributed by atoms with Crippen LogP contribution in [-0.2, 0) is 4.74 Å². The fourth-order valence-electron chi connectivity index (χ4n) is 2.39. The molecule has 1 aromatic heterocycles. The van der Waals surface area contributed by atoms with Gasteiger partial charge in [-0.25, -0.2) is 9.78 Å². The minimum atomic E-state index is -0.437. The summed E-state index contributed by atoms with van der Waals surface area (Å²) in [6.45, 7) is 5.23. The number of nitrogen functional groups attached to an aromatic ring is 1. The number of pyridine rings is 1. The number of rotatable bonds is 2. The molecule has 0 spiro atoms. The third-order valence-electron chi connectivity index (χ3n) is 3.46. The summed E-state index contributed by atoms with van der Waals surface area (Å²) in [5.41, 5.74) is 6.89. The molecular weight excluding hydrogens is 230 g/mol. The Morgan fingerprint density at radius 3 is 2.78 bits per heavy atom. The Labute approximate surface area is 107 Å². The normalized spacial score (nSPS) is 17.8. The second-order valence-corrected chi connectivity index (χ2v) is 5.17. The molecular formula is C13H19N3O2. The molecule has 2 heterocycles. The Morgan fingerprint density at radius 2 is 2.22 bits per heavy atom. The van der Waals surface area contributed by atoms with Crippen LogP contribution in [0.1, 0.15) is 37.2 Å². The van der Waals surface area contributed by atoms with E-state index in [9.17, 15) is 4.79 Å². The Kier molecular flexibility index (Phi) is 3.15. The third kappa shape index (κ3) is 2.12. The summed E-state index contributed by atoms with van der Waals surface area (Å²) in [5.74, 6) is 0.244. The van der Waals surface area contributed by atoms with Crippen molar-refractivity contribution in [1.82, 2.24) is 4.98 Å². The molecule has 0 aliphatic carbocycles. The molecule has 1 saturated heterocycles. The molecule has 18 heavy (non-hydrogen) atoms. The molecule has 5 nitrogen and oxygen atoms in total. The number of nitrogens with zero attached hydrogens (tertiary/aromatic N) is 2. The van der Waals surface area contributed by atoms with Gasteiger partial charge >= 0.3 is 5.97 Å². The van der Waals surface area contributed by atoms with Gasteiger partial charge in [0, 0.05) is 12.1 Å². The van der Waals surface area contributed by atoms with Crippen molar-refractivity contribution in [3.05, 3.63) is 17.8 Å². The highest BCUT2D eigenvalue weighted by molar-refractivity contribution is 5.88. The van der Waals surface area contributed by atoms with E-state index in [0.29, 0.717) is 17.2 Å². The fourth-order valence-corrected chi connectivity index (χ4v) is 2.39. The number of aromatic nitrogens is 1. The van der Waals surface area contributed by atoms with Gasteiger partial charge < -0.3 is 15.4 Å². The fraction of sp³-hybridized carbons (Fsp3) is 0.538. The summed E-state index contributed by atoms with van der Waals surface area (Å²) in [5, 5.41) is 0. The Morgan fingerprint density at radius 1 is 1.50 bits per heavy atom. The van der Waals surface area contributed by atoms with Crippen molar-refractivity contribution in [2.75, 3.05) is 24.3 Å². The summed E-state index contributed by atoms with van der Waals surface area (Å²) in [6, 6.07) is 3.30. The van der Waals surface area contributed by atoms with Gasteiger partial charge in [0.2, 0.25) is 0 Å². The molecule has 2 rings (SSSR count). The second-order valence-electron chi connectivity index (χ2n) is 5.17. The van der Waals surface area contributed by atoms with Gasteiger partial charge in [-0.15, -0.1) is 0 Å². The summed E-state index contributed by atoms with van der Waals surface area (Å²) in [7, 11) is 1.35. The molecule has 1 fully saturated rings. The van der Waals surface area contributed by atoms with Crippen molar-refractivity contribution < 1.29 is 9.53 Å². The first-order valence-electron chi connectivity index (χ1n) is 6.08. The lowest BCUT2D eigenvalue weighted by Gasteiger charge is -2.33. The van der Waals surface area contributed by atoms with E-state index in [1.165, 1.54) is 7.11 Å². The van der Waals surface area contributed by atoms with Gasteiger partial charge in [0.25, 0.3) is 0 Å². The smallest absolute Gasteiger partial charge is 0.356 e. The molecule has 5 heteroatoms. The van der Waals surface area contributed by atoms with E-state index in [1.54, 1.807) is 12.1 Å². The number of carbonyl (C=O) groups is 1. The zero-order valence-corrected chi connectivity index (χ0v) is 11.1. The number of carbonyl (C=O) groups excluding carboxylic acids is 1. The highest BCUT2D eigenvalue weighted by atomic mass is 16.5. The number of esters is 1. The van der Waals surface area contributed by atoms with Crippen molar-refractivity contribution in [2.45, 2.75) is 32.2 Å². The largest absolute Gasteiger partial charge is 0.464 e. The number of ether oxygens (including phenoxy) is 1. The maximum atomic E-state index is 11.5. The lowest BCUT2D eigenvalue weighted by atomic mass is 10.0. The van der Waals surface area contributed by atoms with Crippen LogP contribution >= 0.6 is 0 Å². The Balaban J connectivity index is 2.41. The standard InChI is InChI=1S/C13H19N3O2/c1-13(2)7-4-8-16(13)11-9(14)5-6-10(15-11)12(17)18-3/h5-6H,4,7-8,14H2,1-3H3. The minimum absolute atomic E-state index is 0.0237. The van der Waals surface area contributed by atoms with Gasteiger partial charge in [0.15, 0.2) is 11.5 Å². The SMILES string of the molecule is COC(=O)c1ccc(N)c(N2CCCC2(C)C)n1. The van der Waals surface area contributed by atoms with E-state index in [1.807, 2.05) is 0 Å². The van der Waals surface area contributed by atoms with Gasteiger partial charge in [-0.1, -0.05) is 0 Å². The van der Waals surface area contributed by atoms with Crippen LogP contribution in [0.5, 0.6) is 0 Å². The topological polar surface area (TPSA) is 68.5 Å². The first-order chi connectivity index (χ1) is 8.45. The van der Waals surface area contributed by atoms with Crippen molar-refractivity contribution in [1.29, 1.82) is 0 Å². The first kappa shape index (κ1) is 12.7. The maximum Gasteiger partial charge on any atom is 0.356 e. The summed E-state index contributed by atoms with van der Waals surface area (Å²) in [4.78, 5) is 18.0. The maximum absolute atomic E-state index is 11.5. The predicted molar refractivity (Wildman–Crippen MR) is 70.6 cm³/mol. The van der Waals surface area contributed by atoms with E-state index in [0.717, 1.165) is 19.4 Å². The van der Waals surface area contributed by atoms with Crippen molar-refractivity contribution in [3.8, 4) is 0 Å². The number of hydrogen-bond donors (Lipinski definition) is 1. The molecule has 0 radical (unpaired) electrons. The van der Waals surface area contributed by atoms with Crippen LogP contribution in [0.2, 0.25) is 0 Å². The van der Waals surface area contributed by atoms with Gasteiger partial charge in [-0.05, 0) is 38.8 Å². The summed E-state index contributed by atoms with van der Waals surface area (Å²) < 4.78 is 4.68. The van der Waals surface area contributed by atoms with E-state index in [4.69, 9.17) is 5.73 Å². The van der Waals surface area contributed by atoms with E-state index in [-0.39, 0.29) is 5.54 Å². The summed E-state index contributed by atoms with van der Waals surface area (Å²) >= 11 is 0. The number of methoxy groups -OCH3 is 1. The van der Waals surface area contributed by atoms with E-state index >= 15 is 0 Å². The monoisotopic (exact) mass is 249 g/mol. The molecule has 0 saturated carbocycles. The number of nitrogens with two attached hydrogens (primary N) is 1. The van der Waals surface area contributed by atoms with Crippen LogP contribution in [0.3, 0.4) is 0 Å². The zero-order chi connectivity index (χ0) is 13.3. The highest BCUT2D eigenvalue weighted by Crippen LogP contribution is 2.35. The molecule has 1 aliphatic heterocycles. The van der Waals surface area contributed by atoms with Crippen LogP contribution in [0, 0.1) is 0 Å². The molecule has 1 aromatic rings. The zero-order valence-electron chi connectivity index (χ0n) is 11.1. The van der Waals surface area contributed by atoms with Gasteiger partial charge in [0.1, 0.15) is 0 Å². The predicted octanol–water partition coefficient (Wildman–Crippen LogP) is 1.83. The third-order valence-corrected chi connectivity index (χ3v) is 3.46. The second kappa shape index (κ2) is 4.48. The van der Waals surface area contributed by atoms with Crippen LogP contribution < -0.4 is 10.6 Å². The minimum Gasteiger partial charge on any atom is -0.464 e. The van der Waals surface area contributed by atoms with Gasteiger partial charge in [0.05, 0.1) is 12.8 Å². The van der Waals surface area contributed by atoms with Crippen LogP contribution in [0.15, 0.2) is 12.1 Å². The van der Waals surface area contributed by atoms with Crippen LogP contribution in [0.25, 0.3) is 0 Å². The molecule has 0 unspecified atom stereocenters. The molecule has 2 N–H and O–H groups in total. The molecule has 0 atom stereocenters. The van der Waals surface area contributed by atoms with E-state index < -0.39 is 5.97 Å². The number of anilines is 2. The van der Waals surface area contributed by atoms with E-state index in [2.05, 4.69) is 28.5 Å². The Hall–Kier alpha value is -1.78. The highest BCUT2D eigenvalue weighted by Gasteiger charge is 2.34. The lowest BCUT2D eigenvalue weighted by Crippen LogP contribution is -2.39. The average Bonchev–Trinajstić information content (AvgIpc) is 2.68. The quantitative estimate of drug-likeness (QED) is 0.810. The van der Waals surface area contributed by atoms with Crippen molar-refractivity contribution in [3.63, 3.8) is 0 Å². The van der Waals surface area contributed by atoms with Crippen molar-refractivity contribution in [2.24, 2.45) is 0 Å². The molecule has 0 amide bonds. The molecule has 1 aliphatic rings.